The topological polar surface area (TPSA) is 20.2 Å². The van der Waals surface area contributed by atoms with E-state index in [0.29, 0.717) is 0 Å². The zero-order chi connectivity index (χ0) is 13.2. The van der Waals surface area contributed by atoms with E-state index in [9.17, 15) is 5.11 Å². The highest BCUT2D eigenvalue weighted by molar-refractivity contribution is 5.68. The fourth-order valence-electron chi connectivity index (χ4n) is 2.06. The molecular formula is C17H20O. The van der Waals surface area contributed by atoms with Gasteiger partial charge in [0.05, 0.1) is 6.61 Å². The third kappa shape index (κ3) is 2.46. The minimum absolute atomic E-state index is 0.157. The monoisotopic (exact) mass is 240 g/mol. The smallest absolute Gasteiger partial charge is 0.0522 e. The van der Waals surface area contributed by atoms with E-state index in [1.165, 1.54) is 22.3 Å². The molecule has 0 spiro atoms. The average Bonchev–Trinajstić information content (AvgIpc) is 2.40. The van der Waals surface area contributed by atoms with Gasteiger partial charge in [0.25, 0.3) is 0 Å². The second kappa shape index (κ2) is 4.95. The molecule has 94 valence electrons. The van der Waals surface area contributed by atoms with Gasteiger partial charge in [-0.2, -0.15) is 0 Å². The Balaban J connectivity index is 2.52. The summed E-state index contributed by atoms with van der Waals surface area (Å²) >= 11 is 0. The van der Waals surface area contributed by atoms with Crippen molar-refractivity contribution in [1.29, 1.82) is 0 Å². The van der Waals surface area contributed by atoms with Crippen LogP contribution in [0.2, 0.25) is 0 Å². The van der Waals surface area contributed by atoms with Gasteiger partial charge in [-0.3, -0.25) is 0 Å². The van der Waals surface area contributed by atoms with E-state index in [1.807, 2.05) is 6.07 Å². The number of benzene rings is 2. The first kappa shape index (κ1) is 12.8. The van der Waals surface area contributed by atoms with Crippen molar-refractivity contribution in [3.63, 3.8) is 0 Å². The van der Waals surface area contributed by atoms with Crippen LogP contribution in [-0.2, 0) is 5.41 Å². The third-order valence-electron chi connectivity index (χ3n) is 3.50. The molecule has 1 nitrogen and oxygen atoms in total. The summed E-state index contributed by atoms with van der Waals surface area (Å²) in [5.41, 5.74) is 4.71. The lowest BCUT2D eigenvalue weighted by molar-refractivity contribution is 0.218. The molecule has 0 saturated heterocycles. The van der Waals surface area contributed by atoms with Gasteiger partial charge in [0.2, 0.25) is 0 Å². The zero-order valence-electron chi connectivity index (χ0n) is 11.3. The number of hydrogen-bond donors (Lipinski definition) is 1. The van der Waals surface area contributed by atoms with Gasteiger partial charge in [-0.1, -0.05) is 62.4 Å². The first-order valence-electron chi connectivity index (χ1n) is 6.32. The SMILES string of the molecule is Cc1ccc(C(C)(C)CO)cc1-c1ccccc1. The number of hydrogen-bond acceptors (Lipinski definition) is 1. The molecule has 0 bridgehead atoms. The van der Waals surface area contributed by atoms with Crippen LogP contribution in [0, 0.1) is 6.92 Å². The molecule has 0 atom stereocenters. The molecule has 2 aromatic carbocycles. The maximum absolute atomic E-state index is 9.48. The summed E-state index contributed by atoms with van der Waals surface area (Å²) in [7, 11) is 0. The molecule has 0 aromatic heterocycles. The van der Waals surface area contributed by atoms with Crippen LogP contribution in [0.4, 0.5) is 0 Å². The van der Waals surface area contributed by atoms with Crippen molar-refractivity contribution in [2.24, 2.45) is 0 Å². The predicted molar refractivity (Wildman–Crippen MR) is 76.7 cm³/mol. The molecule has 0 saturated carbocycles. The van der Waals surface area contributed by atoms with Gasteiger partial charge in [-0.15, -0.1) is 0 Å². The summed E-state index contributed by atoms with van der Waals surface area (Å²) < 4.78 is 0. The maximum atomic E-state index is 9.48. The van der Waals surface area contributed by atoms with Crippen molar-refractivity contribution >= 4 is 0 Å². The Kier molecular flexibility index (Phi) is 3.53. The summed E-state index contributed by atoms with van der Waals surface area (Å²) in [5, 5.41) is 9.48. The van der Waals surface area contributed by atoms with E-state index < -0.39 is 0 Å². The van der Waals surface area contributed by atoms with E-state index in [0.717, 1.165) is 0 Å². The highest BCUT2D eigenvalue weighted by Crippen LogP contribution is 2.30. The van der Waals surface area contributed by atoms with Crippen LogP contribution in [0.15, 0.2) is 48.5 Å². The summed E-state index contributed by atoms with van der Waals surface area (Å²) in [6, 6.07) is 16.8. The van der Waals surface area contributed by atoms with E-state index in [4.69, 9.17) is 0 Å². The Hall–Kier alpha value is -1.60. The van der Waals surface area contributed by atoms with Crippen LogP contribution in [0.3, 0.4) is 0 Å². The first-order chi connectivity index (χ1) is 8.54. The maximum Gasteiger partial charge on any atom is 0.0522 e. The molecule has 0 aliphatic carbocycles. The van der Waals surface area contributed by atoms with Crippen molar-refractivity contribution in [3.05, 3.63) is 59.7 Å². The molecule has 0 amide bonds. The van der Waals surface area contributed by atoms with E-state index in [1.54, 1.807) is 0 Å². The lowest BCUT2D eigenvalue weighted by Gasteiger charge is -2.23. The van der Waals surface area contributed by atoms with Gasteiger partial charge in [0.1, 0.15) is 0 Å². The standard InChI is InChI=1S/C17H20O/c1-13-9-10-15(17(2,3)12-18)11-16(13)14-7-5-4-6-8-14/h4-11,18H,12H2,1-3H3. The second-order valence-corrected chi connectivity index (χ2v) is 5.44. The molecule has 0 aliphatic heterocycles. The molecule has 2 rings (SSSR count). The van der Waals surface area contributed by atoms with Crippen LogP contribution in [0.1, 0.15) is 25.0 Å². The molecule has 1 heteroatoms. The molecule has 1 N–H and O–H groups in total. The van der Waals surface area contributed by atoms with Gasteiger partial charge in [0, 0.05) is 5.41 Å². The van der Waals surface area contributed by atoms with Gasteiger partial charge in [-0.25, -0.2) is 0 Å². The van der Waals surface area contributed by atoms with Gasteiger partial charge < -0.3 is 5.11 Å². The fourth-order valence-corrected chi connectivity index (χ4v) is 2.06. The third-order valence-corrected chi connectivity index (χ3v) is 3.50. The molecule has 0 heterocycles. The van der Waals surface area contributed by atoms with Crippen LogP contribution in [0.5, 0.6) is 0 Å². The Morgan fingerprint density at radius 3 is 2.28 bits per heavy atom. The van der Waals surface area contributed by atoms with Crippen molar-refractivity contribution in [3.8, 4) is 11.1 Å². The molecule has 0 unspecified atom stereocenters. The van der Waals surface area contributed by atoms with Crippen LogP contribution in [0.25, 0.3) is 11.1 Å². The van der Waals surface area contributed by atoms with Crippen molar-refractivity contribution in [2.75, 3.05) is 6.61 Å². The fraction of sp³-hybridized carbons (Fsp3) is 0.294. The lowest BCUT2D eigenvalue weighted by atomic mass is 9.83. The van der Waals surface area contributed by atoms with Gasteiger partial charge in [-0.05, 0) is 29.2 Å². The Bertz CT molecular complexity index is 527. The second-order valence-electron chi connectivity index (χ2n) is 5.44. The zero-order valence-corrected chi connectivity index (χ0v) is 11.3. The quantitative estimate of drug-likeness (QED) is 0.861. The molecule has 2 aromatic rings. The van der Waals surface area contributed by atoms with E-state index in [2.05, 4.69) is 63.2 Å². The molecule has 0 radical (unpaired) electrons. The molecular weight excluding hydrogens is 220 g/mol. The largest absolute Gasteiger partial charge is 0.395 e. The average molecular weight is 240 g/mol. The minimum Gasteiger partial charge on any atom is -0.395 e. The van der Waals surface area contributed by atoms with Crippen LogP contribution < -0.4 is 0 Å². The molecule has 0 aliphatic rings. The summed E-state index contributed by atoms with van der Waals surface area (Å²) in [6.07, 6.45) is 0. The summed E-state index contributed by atoms with van der Waals surface area (Å²) in [4.78, 5) is 0. The number of rotatable bonds is 3. The van der Waals surface area contributed by atoms with Gasteiger partial charge in [0.15, 0.2) is 0 Å². The first-order valence-corrected chi connectivity index (χ1v) is 6.32. The summed E-state index contributed by atoms with van der Waals surface area (Å²) in [6.45, 7) is 6.40. The van der Waals surface area contributed by atoms with E-state index in [-0.39, 0.29) is 12.0 Å². The number of aliphatic hydroxyl groups excluding tert-OH is 1. The molecule has 0 fully saturated rings. The minimum atomic E-state index is -0.197. The van der Waals surface area contributed by atoms with Crippen LogP contribution in [-0.4, -0.2) is 11.7 Å². The normalized spacial score (nSPS) is 11.6. The highest BCUT2D eigenvalue weighted by atomic mass is 16.3. The van der Waals surface area contributed by atoms with Crippen molar-refractivity contribution in [2.45, 2.75) is 26.2 Å². The predicted octanol–water partition coefficient (Wildman–Crippen LogP) is 3.93. The number of aliphatic hydroxyl groups is 1. The summed E-state index contributed by atoms with van der Waals surface area (Å²) in [5.74, 6) is 0. The Morgan fingerprint density at radius 2 is 1.67 bits per heavy atom. The Morgan fingerprint density at radius 1 is 1.00 bits per heavy atom. The lowest BCUT2D eigenvalue weighted by Crippen LogP contribution is -2.22. The van der Waals surface area contributed by atoms with E-state index >= 15 is 0 Å². The Labute approximate surface area is 109 Å². The highest BCUT2D eigenvalue weighted by Gasteiger charge is 2.20. The molecule has 18 heavy (non-hydrogen) atoms. The van der Waals surface area contributed by atoms with Crippen LogP contribution >= 0.6 is 0 Å². The number of aryl methyl sites for hydroxylation is 1. The van der Waals surface area contributed by atoms with Crippen molar-refractivity contribution in [1.82, 2.24) is 0 Å². The van der Waals surface area contributed by atoms with Crippen molar-refractivity contribution < 1.29 is 5.11 Å². The van der Waals surface area contributed by atoms with Gasteiger partial charge >= 0.3 is 0 Å².